The average Bonchev–Trinajstić information content (AvgIpc) is 2.73. The van der Waals surface area contributed by atoms with Crippen LogP contribution in [0.25, 0.3) is 0 Å². The summed E-state index contributed by atoms with van der Waals surface area (Å²) in [5.74, 6) is -0.644. The summed E-state index contributed by atoms with van der Waals surface area (Å²) in [6.07, 6.45) is 3.56. The summed E-state index contributed by atoms with van der Waals surface area (Å²) in [4.78, 5) is 14.1. The van der Waals surface area contributed by atoms with Crippen LogP contribution in [-0.4, -0.2) is 46.9 Å². The van der Waals surface area contributed by atoms with Crippen LogP contribution in [0.4, 0.5) is 0 Å². The SMILES string of the molecule is O=C(O)C12CC(CN3CCC[C@H](O[C@H](CO)c4cc(Cl)cc(Cl)c4)[C@@H]3c3ccccc3)(C1)C2. The second kappa shape index (κ2) is 8.86. The fourth-order valence-electron chi connectivity index (χ4n) is 6.45. The molecule has 1 aliphatic heterocycles. The van der Waals surface area contributed by atoms with Crippen molar-refractivity contribution in [1.29, 1.82) is 0 Å². The first kappa shape index (κ1) is 23.1. The Morgan fingerprint density at radius 1 is 1.12 bits per heavy atom. The second-order valence-electron chi connectivity index (χ2n) is 10.1. The molecule has 1 heterocycles. The molecular formula is C26H29Cl2NO4. The molecule has 0 aromatic heterocycles. The summed E-state index contributed by atoms with van der Waals surface area (Å²) in [5.41, 5.74) is 1.59. The van der Waals surface area contributed by atoms with Crippen molar-refractivity contribution in [1.82, 2.24) is 4.90 Å². The quantitative estimate of drug-likeness (QED) is 0.511. The lowest BCUT2D eigenvalue weighted by Gasteiger charge is -2.69. The number of aliphatic hydroxyl groups is 1. The smallest absolute Gasteiger partial charge is 0.309 e. The van der Waals surface area contributed by atoms with Gasteiger partial charge in [0.05, 0.1) is 24.2 Å². The van der Waals surface area contributed by atoms with Gasteiger partial charge in [0.2, 0.25) is 0 Å². The molecule has 3 atom stereocenters. The lowest BCUT2D eigenvalue weighted by Crippen LogP contribution is -2.69. The highest BCUT2D eigenvalue weighted by Crippen LogP contribution is 2.73. The fraction of sp³-hybridized carbons (Fsp3) is 0.500. The molecular weight excluding hydrogens is 461 g/mol. The monoisotopic (exact) mass is 489 g/mol. The van der Waals surface area contributed by atoms with Gasteiger partial charge in [-0.3, -0.25) is 9.69 Å². The Labute approximate surface area is 204 Å². The number of piperidine rings is 1. The molecule has 1 saturated heterocycles. The predicted octanol–water partition coefficient (Wildman–Crippen LogP) is 5.50. The number of carboxylic acid groups (broad SMARTS) is 1. The van der Waals surface area contributed by atoms with Gasteiger partial charge in [-0.25, -0.2) is 0 Å². The molecule has 0 amide bonds. The van der Waals surface area contributed by atoms with Gasteiger partial charge < -0.3 is 14.9 Å². The lowest BCUT2D eigenvalue weighted by molar-refractivity contribution is -0.233. The third-order valence-corrected chi connectivity index (χ3v) is 8.15. The Kier molecular flexibility index (Phi) is 6.21. The van der Waals surface area contributed by atoms with Gasteiger partial charge in [0.25, 0.3) is 0 Å². The molecule has 2 aromatic rings. The van der Waals surface area contributed by atoms with Crippen LogP contribution in [0, 0.1) is 10.8 Å². The van der Waals surface area contributed by atoms with Gasteiger partial charge in [0, 0.05) is 16.6 Å². The molecule has 2 bridgehead atoms. The largest absolute Gasteiger partial charge is 0.481 e. The molecule has 4 fully saturated rings. The summed E-state index contributed by atoms with van der Waals surface area (Å²) in [6.45, 7) is 1.67. The molecule has 2 aromatic carbocycles. The van der Waals surface area contributed by atoms with Crippen LogP contribution in [-0.2, 0) is 9.53 Å². The van der Waals surface area contributed by atoms with Gasteiger partial charge in [-0.05, 0) is 73.4 Å². The Hall–Kier alpha value is -1.63. The minimum absolute atomic E-state index is 0.0402. The first-order valence-electron chi connectivity index (χ1n) is 11.6. The number of benzene rings is 2. The second-order valence-corrected chi connectivity index (χ2v) is 11.0. The highest BCUT2D eigenvalue weighted by molar-refractivity contribution is 6.34. The average molecular weight is 490 g/mol. The fourth-order valence-corrected chi connectivity index (χ4v) is 6.99. The number of hydrogen-bond donors (Lipinski definition) is 2. The van der Waals surface area contributed by atoms with E-state index in [4.69, 9.17) is 27.9 Å². The van der Waals surface area contributed by atoms with E-state index in [-0.39, 0.29) is 24.2 Å². The van der Waals surface area contributed by atoms with Crippen molar-refractivity contribution in [3.63, 3.8) is 0 Å². The Bertz CT molecular complexity index is 990. The normalized spacial score (nSPS) is 32.0. The van der Waals surface area contributed by atoms with Crippen LogP contribution in [0.3, 0.4) is 0 Å². The molecule has 176 valence electrons. The molecule has 6 rings (SSSR count). The van der Waals surface area contributed by atoms with E-state index in [0.29, 0.717) is 10.0 Å². The molecule has 3 aliphatic carbocycles. The number of rotatable bonds is 8. The van der Waals surface area contributed by atoms with Crippen molar-refractivity contribution in [2.24, 2.45) is 10.8 Å². The number of aliphatic hydroxyl groups excluding tert-OH is 1. The maximum absolute atomic E-state index is 11.6. The summed E-state index contributed by atoms with van der Waals surface area (Å²) in [6, 6.07) is 15.6. The topological polar surface area (TPSA) is 70.0 Å². The van der Waals surface area contributed by atoms with Gasteiger partial charge >= 0.3 is 5.97 Å². The number of hydrogen-bond acceptors (Lipinski definition) is 4. The van der Waals surface area contributed by atoms with E-state index in [1.54, 1.807) is 18.2 Å². The number of aliphatic carboxylic acids is 1. The highest BCUT2D eigenvalue weighted by atomic mass is 35.5. The van der Waals surface area contributed by atoms with Crippen molar-refractivity contribution < 1.29 is 19.7 Å². The number of nitrogens with zero attached hydrogens (tertiary/aromatic N) is 1. The number of ether oxygens (including phenoxy) is 1. The van der Waals surface area contributed by atoms with Crippen LogP contribution >= 0.6 is 23.2 Å². The van der Waals surface area contributed by atoms with Gasteiger partial charge in [0.15, 0.2) is 0 Å². The predicted molar refractivity (Wildman–Crippen MR) is 128 cm³/mol. The maximum Gasteiger partial charge on any atom is 0.309 e. The standard InChI is InChI=1S/C26H29Cl2NO4/c27-19-9-18(10-20(28)11-19)22(12-30)33-21-7-4-8-29(23(21)17-5-2-1-3-6-17)16-25-13-26(14-25,15-25)24(31)32/h1-3,5-6,9-11,21-23,30H,4,7-8,12-16H2,(H,31,32)/t21-,22+,23-,25?,26?/m0/s1. The van der Waals surface area contributed by atoms with Crippen LogP contribution in [0.15, 0.2) is 48.5 Å². The van der Waals surface area contributed by atoms with E-state index in [1.165, 1.54) is 5.56 Å². The molecule has 33 heavy (non-hydrogen) atoms. The minimum atomic E-state index is -0.644. The van der Waals surface area contributed by atoms with Gasteiger partial charge in [-0.2, -0.15) is 0 Å². The molecule has 5 nitrogen and oxygen atoms in total. The third-order valence-electron chi connectivity index (χ3n) is 7.71. The Morgan fingerprint density at radius 3 is 2.39 bits per heavy atom. The zero-order chi connectivity index (χ0) is 23.2. The van der Waals surface area contributed by atoms with E-state index < -0.39 is 17.5 Å². The summed E-state index contributed by atoms with van der Waals surface area (Å²) < 4.78 is 6.57. The minimum Gasteiger partial charge on any atom is -0.481 e. The van der Waals surface area contributed by atoms with Crippen molar-refractivity contribution in [2.45, 2.75) is 50.4 Å². The van der Waals surface area contributed by atoms with Gasteiger partial charge in [-0.1, -0.05) is 53.5 Å². The number of carbonyl (C=O) groups is 1. The molecule has 2 N–H and O–H groups in total. The highest BCUT2D eigenvalue weighted by Gasteiger charge is 2.72. The molecule has 0 unspecified atom stereocenters. The summed E-state index contributed by atoms with van der Waals surface area (Å²) in [7, 11) is 0. The van der Waals surface area contributed by atoms with E-state index >= 15 is 0 Å². The van der Waals surface area contributed by atoms with Gasteiger partial charge in [0.1, 0.15) is 6.10 Å². The van der Waals surface area contributed by atoms with E-state index in [0.717, 1.165) is 50.8 Å². The van der Waals surface area contributed by atoms with Crippen molar-refractivity contribution >= 4 is 29.2 Å². The molecule has 4 aliphatic rings. The van der Waals surface area contributed by atoms with E-state index in [2.05, 4.69) is 17.0 Å². The third kappa shape index (κ3) is 4.30. The maximum atomic E-state index is 11.6. The molecule has 3 saturated carbocycles. The number of halogens is 2. The zero-order valence-corrected chi connectivity index (χ0v) is 19.9. The molecule has 7 heteroatoms. The number of carboxylic acids is 1. The van der Waals surface area contributed by atoms with Gasteiger partial charge in [-0.15, -0.1) is 0 Å². The van der Waals surface area contributed by atoms with Crippen LogP contribution in [0.2, 0.25) is 10.0 Å². The Morgan fingerprint density at radius 2 is 1.79 bits per heavy atom. The first-order chi connectivity index (χ1) is 15.8. The summed E-state index contributed by atoms with van der Waals surface area (Å²) >= 11 is 12.4. The van der Waals surface area contributed by atoms with Crippen LogP contribution in [0.1, 0.15) is 55.4 Å². The molecule has 0 radical (unpaired) electrons. The summed E-state index contributed by atoms with van der Waals surface area (Å²) in [5, 5.41) is 20.7. The molecule has 0 spiro atoms. The van der Waals surface area contributed by atoms with Crippen molar-refractivity contribution in [3.05, 3.63) is 69.7 Å². The Balaban J connectivity index is 1.38. The zero-order valence-electron chi connectivity index (χ0n) is 18.4. The van der Waals surface area contributed by atoms with Crippen LogP contribution in [0.5, 0.6) is 0 Å². The number of likely N-dealkylation sites (tertiary alicyclic amines) is 1. The first-order valence-corrected chi connectivity index (χ1v) is 12.3. The van der Waals surface area contributed by atoms with E-state index in [1.807, 2.05) is 18.2 Å². The van der Waals surface area contributed by atoms with E-state index in [9.17, 15) is 15.0 Å². The van der Waals surface area contributed by atoms with Crippen molar-refractivity contribution in [3.8, 4) is 0 Å². The van der Waals surface area contributed by atoms with Crippen LogP contribution < -0.4 is 0 Å². The van der Waals surface area contributed by atoms with Crippen molar-refractivity contribution in [2.75, 3.05) is 19.7 Å². The lowest BCUT2D eigenvalue weighted by atomic mass is 9.35.